The summed E-state index contributed by atoms with van der Waals surface area (Å²) in [5, 5.41) is 11.9. The minimum absolute atomic E-state index is 0.00215. The molecule has 8 rings (SSSR count). The number of carbonyl (C=O) groups is 9. The van der Waals surface area contributed by atoms with Crippen LogP contribution in [-0.2, 0) is 85.5 Å². The van der Waals surface area contributed by atoms with E-state index in [9.17, 15) is 48.3 Å². The van der Waals surface area contributed by atoms with Gasteiger partial charge in [0.15, 0.2) is 61.6 Å². The van der Waals surface area contributed by atoms with Crippen LogP contribution in [0.15, 0.2) is 152 Å². The van der Waals surface area contributed by atoms with Gasteiger partial charge in [0, 0.05) is 27.7 Å². The van der Waals surface area contributed by atoms with Gasteiger partial charge in [0.1, 0.15) is 37.6 Å². The molecule has 0 radical (unpaired) electrons. The fraction of sp³-hybridized carbons (Fsp3) is 0.361. The lowest BCUT2D eigenvalue weighted by Crippen LogP contribution is -2.68. The number of aliphatic hydroxyl groups excluding tert-OH is 1. The van der Waals surface area contributed by atoms with Crippen LogP contribution >= 0.6 is 0 Å². The van der Waals surface area contributed by atoms with Gasteiger partial charge < -0.3 is 71.4 Å². The maximum absolute atomic E-state index is 14.6. The van der Waals surface area contributed by atoms with Crippen molar-refractivity contribution in [2.24, 2.45) is 0 Å². The molecule has 3 saturated heterocycles. The molecule has 0 spiro atoms. The highest BCUT2D eigenvalue weighted by Gasteiger charge is 2.59. The van der Waals surface area contributed by atoms with Crippen molar-refractivity contribution in [2.75, 3.05) is 13.2 Å². The molecule has 15 atom stereocenters. The second-order valence-electron chi connectivity index (χ2n) is 19.5. The molecule has 0 aromatic heterocycles. The Bertz CT molecular complexity index is 3110. The third kappa shape index (κ3) is 16.3. The Labute approximate surface area is 486 Å². The van der Waals surface area contributed by atoms with Gasteiger partial charge in [-0.2, -0.15) is 0 Å². The summed E-state index contributed by atoms with van der Waals surface area (Å²) in [6, 6.07) is 37.9. The molecule has 85 heavy (non-hydrogen) atoms. The van der Waals surface area contributed by atoms with Crippen LogP contribution in [0.1, 0.15) is 86.4 Å². The molecular weight excluding hydrogens is 1120 g/mol. The van der Waals surface area contributed by atoms with Gasteiger partial charge in [-0.1, -0.05) is 91.0 Å². The van der Waals surface area contributed by atoms with E-state index in [-0.39, 0.29) is 27.8 Å². The summed E-state index contributed by atoms with van der Waals surface area (Å²) in [4.78, 5) is 122. The summed E-state index contributed by atoms with van der Waals surface area (Å²) in [7, 11) is 0. The zero-order valence-corrected chi connectivity index (χ0v) is 46.3. The predicted octanol–water partition coefficient (Wildman–Crippen LogP) is 5.06. The molecule has 448 valence electrons. The van der Waals surface area contributed by atoms with E-state index in [1.807, 2.05) is 0 Å². The minimum atomic E-state index is -2.14. The summed E-state index contributed by atoms with van der Waals surface area (Å²) >= 11 is 0. The standard InChI is InChI=1S/C61H60O24/c1-33-45(84-61-52(77-37(5)65)50(76-36(4)64)46(75-35(3)63)44(79-61)31-72-34(2)62)48(80-55(67)39-23-13-7-14-24-39)53(83-58(70)42-29-19-10-20-30-42)60(74-33)85-47-43(32-73-54(66)38-21-11-6-12-22-38)78-59(71)51(82-57(69)41-27-17-9-18-28-41)49(47)81-56(68)40-25-15-8-16-26-40/h6-30,33,43-53,59-61,71H,31-32H2,1-5H3/t33-,43-,44-,45+,46+,47-,48+,49+,50+,51-,52-,53-,59-,60+,61-/m1/s1. The Kier molecular flexibility index (Phi) is 21.2. The summed E-state index contributed by atoms with van der Waals surface area (Å²) < 4.78 is 85.1. The molecule has 5 aromatic rings. The zero-order chi connectivity index (χ0) is 60.7. The summed E-state index contributed by atoms with van der Waals surface area (Å²) in [5.74, 6) is -8.72. The van der Waals surface area contributed by atoms with E-state index in [4.69, 9.17) is 66.3 Å². The van der Waals surface area contributed by atoms with Gasteiger partial charge in [0.25, 0.3) is 0 Å². The Balaban J connectivity index is 1.27. The fourth-order valence-electron chi connectivity index (χ4n) is 9.47. The first kappa shape index (κ1) is 62.1. The van der Waals surface area contributed by atoms with Crippen LogP contribution in [0.2, 0.25) is 0 Å². The Morgan fingerprint density at radius 3 is 1.09 bits per heavy atom. The van der Waals surface area contributed by atoms with E-state index in [1.54, 1.807) is 66.7 Å². The predicted molar refractivity (Wildman–Crippen MR) is 286 cm³/mol. The number of benzene rings is 5. The molecule has 3 aliphatic rings. The summed E-state index contributed by atoms with van der Waals surface area (Å²) in [6.07, 6.45) is -27.5. The van der Waals surface area contributed by atoms with Crippen LogP contribution in [-0.4, -0.2) is 164 Å². The van der Waals surface area contributed by atoms with Crippen molar-refractivity contribution in [2.45, 2.75) is 127 Å². The van der Waals surface area contributed by atoms with Crippen LogP contribution < -0.4 is 0 Å². The van der Waals surface area contributed by atoms with Crippen molar-refractivity contribution in [1.82, 2.24) is 0 Å². The maximum Gasteiger partial charge on any atom is 0.338 e. The van der Waals surface area contributed by atoms with E-state index in [1.165, 1.54) is 91.9 Å². The topological polar surface area (TPSA) is 303 Å². The van der Waals surface area contributed by atoms with Crippen molar-refractivity contribution in [3.05, 3.63) is 179 Å². The Morgan fingerprint density at radius 2 is 0.659 bits per heavy atom. The number of esters is 9. The number of ether oxygens (including phenoxy) is 14. The molecule has 24 nitrogen and oxygen atoms in total. The van der Waals surface area contributed by atoms with E-state index in [2.05, 4.69) is 0 Å². The van der Waals surface area contributed by atoms with Crippen LogP contribution in [0.4, 0.5) is 0 Å². The van der Waals surface area contributed by atoms with Crippen LogP contribution in [0.25, 0.3) is 0 Å². The van der Waals surface area contributed by atoms with Gasteiger partial charge in [0.05, 0.1) is 33.9 Å². The average Bonchev–Trinajstić information content (AvgIpc) is 2.34. The number of carbonyl (C=O) groups excluding carboxylic acids is 9. The normalized spacial score (nSPS) is 27.1. The lowest BCUT2D eigenvalue weighted by molar-refractivity contribution is -0.372. The van der Waals surface area contributed by atoms with Gasteiger partial charge in [-0.3, -0.25) is 19.2 Å². The quantitative estimate of drug-likeness (QED) is 0.0786. The van der Waals surface area contributed by atoms with Crippen molar-refractivity contribution in [3.63, 3.8) is 0 Å². The molecule has 24 heteroatoms. The van der Waals surface area contributed by atoms with E-state index in [0.29, 0.717) is 0 Å². The highest BCUT2D eigenvalue weighted by atomic mass is 16.8. The van der Waals surface area contributed by atoms with Gasteiger partial charge in [-0.15, -0.1) is 0 Å². The molecule has 0 amide bonds. The highest BCUT2D eigenvalue weighted by molar-refractivity contribution is 5.92. The summed E-state index contributed by atoms with van der Waals surface area (Å²) in [5.41, 5.74) is -0.00940. The summed E-state index contributed by atoms with van der Waals surface area (Å²) in [6.45, 7) is 4.10. The van der Waals surface area contributed by atoms with Crippen molar-refractivity contribution in [3.8, 4) is 0 Å². The van der Waals surface area contributed by atoms with E-state index >= 15 is 0 Å². The van der Waals surface area contributed by atoms with Gasteiger partial charge >= 0.3 is 53.7 Å². The first-order valence-electron chi connectivity index (χ1n) is 26.7. The van der Waals surface area contributed by atoms with Crippen molar-refractivity contribution < 1.29 is 115 Å². The maximum atomic E-state index is 14.6. The van der Waals surface area contributed by atoms with Crippen molar-refractivity contribution >= 4 is 53.7 Å². The van der Waals surface area contributed by atoms with E-state index in [0.717, 1.165) is 27.7 Å². The lowest BCUT2D eigenvalue weighted by atomic mass is 9.95. The minimum Gasteiger partial charge on any atom is -0.463 e. The molecule has 3 fully saturated rings. The first-order valence-corrected chi connectivity index (χ1v) is 26.7. The third-order valence-electron chi connectivity index (χ3n) is 13.3. The number of hydrogen-bond donors (Lipinski definition) is 1. The Hall–Kier alpha value is -8.91. The fourth-order valence-corrected chi connectivity index (χ4v) is 9.47. The molecular formula is C61H60O24. The number of hydrogen-bond acceptors (Lipinski definition) is 24. The second kappa shape index (κ2) is 29.1. The van der Waals surface area contributed by atoms with Crippen LogP contribution in [0.5, 0.6) is 0 Å². The SMILES string of the molecule is CC(=O)OC[C@H]1O[C@H](O[C@@H]2[C@H](OC(=O)c3ccccc3)[C@@H](OC(=O)c3ccccc3)[C@H](O[C@H]3[C@H](OC(=O)c4ccccc4)[C@@H](OC(=O)c4ccccc4)[C@H](O)O[C@@H]3COC(=O)c3ccccc3)O[C@@H]2C)[C@H](OC(C)=O)[C@@H](OC(C)=O)[C@H]1OC(C)=O. The van der Waals surface area contributed by atoms with Crippen molar-refractivity contribution in [1.29, 1.82) is 0 Å². The monoisotopic (exact) mass is 1180 g/mol. The average molecular weight is 1180 g/mol. The molecule has 5 aromatic carbocycles. The molecule has 0 saturated carbocycles. The largest absolute Gasteiger partial charge is 0.463 e. The molecule has 0 bridgehead atoms. The lowest BCUT2D eigenvalue weighted by Gasteiger charge is -2.50. The number of aliphatic hydroxyl groups is 1. The van der Waals surface area contributed by atoms with Crippen LogP contribution in [0.3, 0.4) is 0 Å². The van der Waals surface area contributed by atoms with E-state index < -0.39 is 159 Å². The van der Waals surface area contributed by atoms with Crippen LogP contribution in [0, 0.1) is 0 Å². The molecule has 3 heterocycles. The third-order valence-corrected chi connectivity index (χ3v) is 13.3. The van der Waals surface area contributed by atoms with Gasteiger partial charge in [0.2, 0.25) is 0 Å². The molecule has 3 aliphatic heterocycles. The molecule has 0 unspecified atom stereocenters. The van der Waals surface area contributed by atoms with Gasteiger partial charge in [-0.05, 0) is 67.6 Å². The molecule has 1 N–H and O–H groups in total. The second-order valence-corrected chi connectivity index (χ2v) is 19.5. The number of rotatable bonds is 20. The Morgan fingerprint density at radius 1 is 0.341 bits per heavy atom. The smallest absolute Gasteiger partial charge is 0.338 e. The first-order chi connectivity index (χ1) is 40.8. The van der Waals surface area contributed by atoms with Gasteiger partial charge in [-0.25, -0.2) is 24.0 Å². The molecule has 0 aliphatic carbocycles. The highest BCUT2D eigenvalue weighted by Crippen LogP contribution is 2.39. The zero-order valence-electron chi connectivity index (χ0n) is 46.3.